The first-order valence-electron chi connectivity index (χ1n) is 5.29. The summed E-state index contributed by atoms with van der Waals surface area (Å²) in [5.41, 5.74) is 6.42. The summed E-state index contributed by atoms with van der Waals surface area (Å²) in [6, 6.07) is 6.68. The molecule has 3 rings (SSSR count). The average Bonchev–Trinajstić information content (AvgIpc) is 2.66. The van der Waals surface area contributed by atoms with Crippen molar-refractivity contribution in [1.82, 2.24) is 9.97 Å². The molecule has 0 saturated heterocycles. The van der Waals surface area contributed by atoms with Gasteiger partial charge in [0.15, 0.2) is 0 Å². The van der Waals surface area contributed by atoms with Crippen molar-refractivity contribution in [1.29, 1.82) is 0 Å². The number of fused-ring (bicyclic) bond motifs is 3. The summed E-state index contributed by atoms with van der Waals surface area (Å²) in [4.78, 5) is 8.44. The highest BCUT2D eigenvalue weighted by atomic mass is 14.8. The Morgan fingerprint density at radius 1 is 1.27 bits per heavy atom. The predicted octanol–water partition coefficient (Wildman–Crippen LogP) is 2.61. The van der Waals surface area contributed by atoms with Gasteiger partial charge in [-0.25, -0.2) is 9.97 Å². The van der Waals surface area contributed by atoms with Crippen LogP contribution in [-0.4, -0.2) is 9.97 Å². The number of hydrogen-bond donors (Lipinski definition) is 0. The van der Waals surface area contributed by atoms with Crippen LogP contribution in [0.1, 0.15) is 23.6 Å². The summed E-state index contributed by atoms with van der Waals surface area (Å²) in [6.07, 6.45) is 5.61. The van der Waals surface area contributed by atoms with E-state index < -0.39 is 0 Å². The molecule has 1 heterocycles. The normalized spacial score (nSPS) is 12.3. The zero-order valence-electron chi connectivity index (χ0n) is 8.70. The van der Waals surface area contributed by atoms with Crippen LogP contribution in [0.5, 0.6) is 0 Å². The van der Waals surface area contributed by atoms with Crippen LogP contribution in [0.2, 0.25) is 0 Å². The second-order valence-corrected chi connectivity index (χ2v) is 3.92. The van der Waals surface area contributed by atoms with Gasteiger partial charge in [0.1, 0.15) is 6.33 Å². The van der Waals surface area contributed by atoms with Crippen LogP contribution in [-0.2, 0) is 12.8 Å². The highest BCUT2D eigenvalue weighted by Gasteiger charge is 2.19. The Labute approximate surface area is 89.0 Å². The molecule has 0 spiro atoms. The summed E-state index contributed by atoms with van der Waals surface area (Å²) in [5, 5.41) is 0. The minimum absolute atomic E-state index is 0.982. The average molecular weight is 196 g/mol. The third-order valence-corrected chi connectivity index (χ3v) is 3.01. The van der Waals surface area contributed by atoms with E-state index in [0.717, 1.165) is 18.5 Å². The topological polar surface area (TPSA) is 25.8 Å². The lowest BCUT2D eigenvalue weighted by molar-refractivity contribution is 1.12. The van der Waals surface area contributed by atoms with E-state index in [9.17, 15) is 0 Å². The van der Waals surface area contributed by atoms with Crippen LogP contribution in [0.15, 0.2) is 30.7 Å². The molecule has 0 radical (unpaired) electrons. The molecule has 0 amide bonds. The Balaban J connectivity index is 2.22. The Hall–Kier alpha value is -1.70. The van der Waals surface area contributed by atoms with Gasteiger partial charge in [0, 0.05) is 23.7 Å². The second-order valence-electron chi connectivity index (χ2n) is 3.92. The van der Waals surface area contributed by atoms with Crippen LogP contribution in [0.3, 0.4) is 0 Å². The number of rotatable bonds is 1. The Morgan fingerprint density at radius 2 is 2.20 bits per heavy atom. The summed E-state index contributed by atoms with van der Waals surface area (Å²) >= 11 is 0. The van der Waals surface area contributed by atoms with Crippen LogP contribution in [0.4, 0.5) is 0 Å². The lowest BCUT2D eigenvalue weighted by Crippen LogP contribution is -1.86. The molecule has 0 unspecified atom stereocenters. The van der Waals surface area contributed by atoms with Gasteiger partial charge in [-0.3, -0.25) is 0 Å². The molecule has 1 aliphatic carbocycles. The fraction of sp³-hybridized carbons (Fsp3) is 0.231. The second kappa shape index (κ2) is 3.16. The van der Waals surface area contributed by atoms with E-state index in [1.807, 2.05) is 6.20 Å². The van der Waals surface area contributed by atoms with Crippen molar-refractivity contribution in [3.63, 3.8) is 0 Å². The standard InChI is InChI=1S/C13H12N2/c1-2-9-3-4-10-6-11-7-14-8-15-13(11)12(10)5-9/h3-5,7-8H,2,6H2,1H3. The molecule has 0 aliphatic heterocycles. The first kappa shape index (κ1) is 8.60. The highest BCUT2D eigenvalue weighted by Crippen LogP contribution is 2.34. The molecule has 1 aromatic carbocycles. The molecule has 74 valence electrons. The summed E-state index contributed by atoms with van der Waals surface area (Å²) in [7, 11) is 0. The van der Waals surface area contributed by atoms with E-state index in [2.05, 4.69) is 35.1 Å². The van der Waals surface area contributed by atoms with E-state index in [0.29, 0.717) is 0 Å². The van der Waals surface area contributed by atoms with Gasteiger partial charge in [0.05, 0.1) is 5.69 Å². The minimum Gasteiger partial charge on any atom is -0.244 e. The van der Waals surface area contributed by atoms with Gasteiger partial charge in [-0.2, -0.15) is 0 Å². The van der Waals surface area contributed by atoms with E-state index in [1.165, 1.54) is 22.3 Å². The van der Waals surface area contributed by atoms with Crippen molar-refractivity contribution in [3.8, 4) is 11.3 Å². The van der Waals surface area contributed by atoms with Gasteiger partial charge in [-0.15, -0.1) is 0 Å². The third kappa shape index (κ3) is 1.25. The lowest BCUT2D eigenvalue weighted by Gasteiger charge is -2.02. The molecule has 0 bridgehead atoms. The van der Waals surface area contributed by atoms with Gasteiger partial charge in [-0.1, -0.05) is 19.1 Å². The molecule has 0 saturated carbocycles. The van der Waals surface area contributed by atoms with E-state index in [1.54, 1.807) is 6.33 Å². The van der Waals surface area contributed by atoms with E-state index in [4.69, 9.17) is 0 Å². The Morgan fingerprint density at radius 3 is 3.07 bits per heavy atom. The van der Waals surface area contributed by atoms with Crippen molar-refractivity contribution in [2.75, 3.05) is 0 Å². The Kier molecular flexibility index (Phi) is 1.81. The van der Waals surface area contributed by atoms with E-state index >= 15 is 0 Å². The van der Waals surface area contributed by atoms with Crippen molar-refractivity contribution < 1.29 is 0 Å². The Bertz CT molecular complexity index is 518. The van der Waals surface area contributed by atoms with Gasteiger partial charge in [-0.05, 0) is 23.6 Å². The zero-order valence-corrected chi connectivity index (χ0v) is 8.70. The maximum absolute atomic E-state index is 4.36. The van der Waals surface area contributed by atoms with Crippen LogP contribution in [0.25, 0.3) is 11.3 Å². The summed E-state index contributed by atoms with van der Waals surface area (Å²) in [5.74, 6) is 0. The van der Waals surface area contributed by atoms with Crippen molar-refractivity contribution in [3.05, 3.63) is 47.4 Å². The molecule has 0 N–H and O–H groups in total. The van der Waals surface area contributed by atoms with Gasteiger partial charge in [0.25, 0.3) is 0 Å². The van der Waals surface area contributed by atoms with Crippen molar-refractivity contribution >= 4 is 0 Å². The summed E-state index contributed by atoms with van der Waals surface area (Å²) < 4.78 is 0. The highest BCUT2D eigenvalue weighted by molar-refractivity contribution is 5.73. The maximum Gasteiger partial charge on any atom is 0.116 e. The molecular weight excluding hydrogens is 184 g/mol. The van der Waals surface area contributed by atoms with Gasteiger partial charge in [0.2, 0.25) is 0 Å². The molecule has 2 heteroatoms. The zero-order chi connectivity index (χ0) is 10.3. The van der Waals surface area contributed by atoms with Gasteiger partial charge < -0.3 is 0 Å². The van der Waals surface area contributed by atoms with Crippen LogP contribution >= 0.6 is 0 Å². The largest absolute Gasteiger partial charge is 0.244 e. The number of nitrogens with zero attached hydrogens (tertiary/aromatic N) is 2. The SMILES string of the molecule is CCc1ccc2c(c1)-c1ncncc1C2. The maximum atomic E-state index is 4.36. The minimum atomic E-state index is 0.982. The van der Waals surface area contributed by atoms with Gasteiger partial charge >= 0.3 is 0 Å². The third-order valence-electron chi connectivity index (χ3n) is 3.01. The van der Waals surface area contributed by atoms with Crippen molar-refractivity contribution in [2.45, 2.75) is 19.8 Å². The van der Waals surface area contributed by atoms with Crippen molar-refractivity contribution in [2.24, 2.45) is 0 Å². The fourth-order valence-corrected chi connectivity index (χ4v) is 2.15. The van der Waals surface area contributed by atoms with Crippen LogP contribution < -0.4 is 0 Å². The fourth-order valence-electron chi connectivity index (χ4n) is 2.15. The quantitative estimate of drug-likeness (QED) is 0.598. The first-order valence-corrected chi connectivity index (χ1v) is 5.29. The number of aryl methyl sites for hydroxylation is 1. The van der Waals surface area contributed by atoms with E-state index in [-0.39, 0.29) is 0 Å². The molecule has 0 fully saturated rings. The predicted molar refractivity (Wildman–Crippen MR) is 59.7 cm³/mol. The molecule has 2 nitrogen and oxygen atoms in total. The number of aromatic nitrogens is 2. The molecular formula is C13H12N2. The first-order chi connectivity index (χ1) is 7.38. The molecule has 15 heavy (non-hydrogen) atoms. The summed E-state index contributed by atoms with van der Waals surface area (Å²) in [6.45, 7) is 2.18. The monoisotopic (exact) mass is 196 g/mol. The smallest absolute Gasteiger partial charge is 0.116 e. The molecule has 0 atom stereocenters. The van der Waals surface area contributed by atoms with Crippen LogP contribution in [0, 0.1) is 0 Å². The molecule has 2 aromatic rings. The molecule has 1 aliphatic rings. The number of hydrogen-bond acceptors (Lipinski definition) is 2. The molecule has 1 aromatic heterocycles. The lowest BCUT2D eigenvalue weighted by atomic mass is 10.0. The number of benzene rings is 1.